The van der Waals surface area contributed by atoms with Crippen LogP contribution in [0.5, 0.6) is 0 Å². The molecular formula is C19H33NO3. The predicted molar refractivity (Wildman–Crippen MR) is 94.1 cm³/mol. The third kappa shape index (κ3) is 6.88. The molecule has 1 rings (SSSR count). The number of amides is 1. The van der Waals surface area contributed by atoms with Crippen LogP contribution in [0.4, 0.5) is 0 Å². The SMILES string of the molecule is CNC(=O)C1CCCCC/C=C/[C@H](OC)[C@@H](O)[C@H](C)/C=C(/C)C1. The summed E-state index contributed by atoms with van der Waals surface area (Å²) >= 11 is 0. The molecule has 1 amide bonds. The minimum absolute atomic E-state index is 0.0159. The minimum Gasteiger partial charge on any atom is -0.389 e. The van der Waals surface area contributed by atoms with E-state index in [1.54, 1.807) is 14.2 Å². The second-order valence-corrected chi connectivity index (χ2v) is 6.64. The molecule has 4 nitrogen and oxygen atoms in total. The van der Waals surface area contributed by atoms with E-state index in [4.69, 9.17) is 4.74 Å². The van der Waals surface area contributed by atoms with Crippen LogP contribution in [0.1, 0.15) is 52.4 Å². The monoisotopic (exact) mass is 323 g/mol. The van der Waals surface area contributed by atoms with Crippen LogP contribution < -0.4 is 5.32 Å². The van der Waals surface area contributed by atoms with Crippen molar-refractivity contribution in [2.45, 2.75) is 64.6 Å². The van der Waals surface area contributed by atoms with Crippen LogP contribution >= 0.6 is 0 Å². The first-order chi connectivity index (χ1) is 11.0. The molecule has 0 fully saturated rings. The first-order valence-electron chi connectivity index (χ1n) is 8.76. The number of aliphatic hydroxyl groups excluding tert-OH is 1. The molecular weight excluding hydrogens is 290 g/mol. The van der Waals surface area contributed by atoms with Gasteiger partial charge in [-0.1, -0.05) is 43.6 Å². The first kappa shape index (κ1) is 19.9. The lowest BCUT2D eigenvalue weighted by Gasteiger charge is -2.24. The van der Waals surface area contributed by atoms with Gasteiger partial charge in [-0.15, -0.1) is 0 Å². The van der Waals surface area contributed by atoms with Gasteiger partial charge in [-0.3, -0.25) is 4.79 Å². The van der Waals surface area contributed by atoms with Crippen molar-refractivity contribution in [3.63, 3.8) is 0 Å². The van der Waals surface area contributed by atoms with Crippen molar-refractivity contribution < 1.29 is 14.6 Å². The molecule has 0 heterocycles. The summed E-state index contributed by atoms with van der Waals surface area (Å²) in [7, 11) is 3.33. The van der Waals surface area contributed by atoms with Gasteiger partial charge in [-0.2, -0.15) is 0 Å². The third-order valence-electron chi connectivity index (χ3n) is 4.63. The predicted octanol–water partition coefficient (Wildman–Crippen LogP) is 3.22. The standard InChI is InChI=1S/C19H33NO3/c1-14-12-15(2)18(21)17(23-4)11-9-7-5-6-8-10-16(13-14)19(22)20-3/h9,11-12,15-18,21H,5-8,10,13H2,1-4H3,(H,20,22)/b11-9+,14-12-/t15-,16?,17+,18+/m1/s1. The largest absolute Gasteiger partial charge is 0.389 e. The number of carbonyl (C=O) groups excluding carboxylic acids is 1. The number of ether oxygens (including phenoxy) is 1. The zero-order valence-electron chi connectivity index (χ0n) is 15.0. The van der Waals surface area contributed by atoms with Crippen molar-refractivity contribution >= 4 is 5.91 Å². The van der Waals surface area contributed by atoms with E-state index >= 15 is 0 Å². The summed E-state index contributed by atoms with van der Waals surface area (Å²) in [6.45, 7) is 4.04. The molecule has 0 radical (unpaired) electrons. The lowest BCUT2D eigenvalue weighted by Crippen LogP contribution is -2.32. The Labute approximate surface area is 141 Å². The Balaban J connectivity index is 2.90. The van der Waals surface area contributed by atoms with E-state index in [2.05, 4.69) is 17.5 Å². The molecule has 2 N–H and O–H groups in total. The molecule has 23 heavy (non-hydrogen) atoms. The summed E-state index contributed by atoms with van der Waals surface area (Å²) < 4.78 is 5.42. The number of hydrogen-bond acceptors (Lipinski definition) is 3. The van der Waals surface area contributed by atoms with Crippen LogP contribution in [0.25, 0.3) is 0 Å². The van der Waals surface area contributed by atoms with E-state index in [1.165, 1.54) is 0 Å². The fourth-order valence-electron chi connectivity index (χ4n) is 3.23. The van der Waals surface area contributed by atoms with Crippen LogP contribution in [-0.2, 0) is 9.53 Å². The van der Waals surface area contributed by atoms with Crippen molar-refractivity contribution in [1.82, 2.24) is 5.32 Å². The topological polar surface area (TPSA) is 58.6 Å². The first-order valence-corrected chi connectivity index (χ1v) is 8.76. The van der Waals surface area contributed by atoms with Crippen LogP contribution in [0.15, 0.2) is 23.8 Å². The average molecular weight is 323 g/mol. The van der Waals surface area contributed by atoms with E-state index in [1.807, 2.05) is 19.9 Å². The Morgan fingerprint density at radius 2 is 2.09 bits per heavy atom. The summed E-state index contributed by atoms with van der Waals surface area (Å²) in [5.41, 5.74) is 1.15. The molecule has 0 saturated carbocycles. The molecule has 4 heteroatoms. The molecule has 0 bridgehead atoms. The molecule has 132 valence electrons. The van der Waals surface area contributed by atoms with Crippen molar-refractivity contribution in [2.24, 2.45) is 11.8 Å². The lowest BCUT2D eigenvalue weighted by atomic mass is 9.89. The Bertz CT molecular complexity index is 417. The average Bonchev–Trinajstić information content (AvgIpc) is 2.54. The number of hydrogen-bond donors (Lipinski definition) is 2. The minimum atomic E-state index is -0.576. The van der Waals surface area contributed by atoms with Gasteiger partial charge in [0, 0.05) is 26.0 Å². The number of methoxy groups -OCH3 is 1. The van der Waals surface area contributed by atoms with E-state index < -0.39 is 6.10 Å². The number of aliphatic hydroxyl groups is 1. The quantitative estimate of drug-likeness (QED) is 0.767. The van der Waals surface area contributed by atoms with Crippen LogP contribution in [0.2, 0.25) is 0 Å². The normalized spacial score (nSPS) is 34.7. The highest BCUT2D eigenvalue weighted by molar-refractivity contribution is 5.78. The molecule has 1 unspecified atom stereocenters. The second kappa shape index (κ2) is 10.6. The van der Waals surface area contributed by atoms with Crippen molar-refractivity contribution in [1.29, 1.82) is 0 Å². The van der Waals surface area contributed by atoms with Gasteiger partial charge in [0.2, 0.25) is 5.91 Å². The zero-order valence-corrected chi connectivity index (χ0v) is 15.0. The van der Waals surface area contributed by atoms with Crippen molar-refractivity contribution in [3.05, 3.63) is 23.8 Å². The Kier molecular flexibility index (Phi) is 9.19. The third-order valence-corrected chi connectivity index (χ3v) is 4.63. The fraction of sp³-hybridized carbons (Fsp3) is 0.737. The zero-order chi connectivity index (χ0) is 17.2. The highest BCUT2D eigenvalue weighted by Gasteiger charge is 2.23. The van der Waals surface area contributed by atoms with Gasteiger partial charge in [-0.25, -0.2) is 0 Å². The van der Waals surface area contributed by atoms with Crippen LogP contribution in [0.3, 0.4) is 0 Å². The maximum absolute atomic E-state index is 12.1. The van der Waals surface area contributed by atoms with Gasteiger partial charge >= 0.3 is 0 Å². The van der Waals surface area contributed by atoms with Crippen molar-refractivity contribution in [2.75, 3.05) is 14.2 Å². The number of nitrogens with one attached hydrogen (secondary N) is 1. The maximum atomic E-state index is 12.1. The van der Waals surface area contributed by atoms with Gasteiger partial charge in [0.15, 0.2) is 0 Å². The Morgan fingerprint density at radius 1 is 1.35 bits per heavy atom. The molecule has 0 aromatic carbocycles. The summed E-state index contributed by atoms with van der Waals surface area (Å²) in [6, 6.07) is 0. The molecule has 4 atom stereocenters. The van der Waals surface area contributed by atoms with Crippen LogP contribution in [-0.4, -0.2) is 37.4 Å². The summed E-state index contributed by atoms with van der Waals surface area (Å²) in [4.78, 5) is 12.1. The molecule has 0 aromatic rings. The number of carbonyl (C=O) groups is 1. The Morgan fingerprint density at radius 3 is 2.74 bits per heavy atom. The van der Waals surface area contributed by atoms with Crippen molar-refractivity contribution in [3.8, 4) is 0 Å². The smallest absolute Gasteiger partial charge is 0.223 e. The van der Waals surface area contributed by atoms with E-state index in [9.17, 15) is 9.90 Å². The van der Waals surface area contributed by atoms with E-state index in [-0.39, 0.29) is 23.8 Å². The van der Waals surface area contributed by atoms with Gasteiger partial charge in [-0.05, 0) is 32.6 Å². The fourth-order valence-corrected chi connectivity index (χ4v) is 3.23. The highest BCUT2D eigenvalue weighted by atomic mass is 16.5. The van der Waals surface area contributed by atoms with Crippen LogP contribution in [0, 0.1) is 11.8 Å². The molecule has 0 spiro atoms. The number of rotatable bonds is 2. The molecule has 1 aliphatic carbocycles. The lowest BCUT2D eigenvalue weighted by molar-refractivity contribution is -0.124. The van der Waals surface area contributed by atoms with Gasteiger partial charge in [0.1, 0.15) is 6.10 Å². The van der Waals surface area contributed by atoms with Gasteiger partial charge < -0.3 is 15.2 Å². The summed E-state index contributed by atoms with van der Waals surface area (Å²) in [5, 5.41) is 13.3. The molecule has 0 aliphatic heterocycles. The molecule has 0 aromatic heterocycles. The molecule has 1 aliphatic rings. The maximum Gasteiger partial charge on any atom is 0.223 e. The number of allylic oxidation sites excluding steroid dienone is 2. The van der Waals surface area contributed by atoms with Gasteiger partial charge in [0.25, 0.3) is 0 Å². The highest BCUT2D eigenvalue weighted by Crippen LogP contribution is 2.23. The van der Waals surface area contributed by atoms with E-state index in [0.29, 0.717) is 0 Å². The summed E-state index contributed by atoms with van der Waals surface area (Å²) in [5.74, 6) is 0.128. The van der Waals surface area contributed by atoms with E-state index in [0.717, 1.165) is 44.1 Å². The Hall–Kier alpha value is -1.13. The molecule has 0 saturated heterocycles. The summed E-state index contributed by atoms with van der Waals surface area (Å²) in [6.07, 6.45) is 11.3. The van der Waals surface area contributed by atoms with Gasteiger partial charge in [0.05, 0.1) is 6.10 Å². The second-order valence-electron chi connectivity index (χ2n) is 6.64.